The van der Waals surface area contributed by atoms with Gasteiger partial charge in [-0.3, -0.25) is 14.7 Å². The zero-order valence-electron chi connectivity index (χ0n) is 11.2. The van der Waals surface area contributed by atoms with Gasteiger partial charge in [0.15, 0.2) is 5.69 Å². The lowest BCUT2D eigenvalue weighted by atomic mass is 10.2. The van der Waals surface area contributed by atoms with Gasteiger partial charge >= 0.3 is 0 Å². The number of nitrogens with one attached hydrogen (secondary N) is 3. The number of carbonyl (C=O) groups excluding carboxylic acids is 2. The van der Waals surface area contributed by atoms with Crippen LogP contribution in [0.5, 0.6) is 0 Å². The molecule has 0 aliphatic carbocycles. The van der Waals surface area contributed by atoms with Crippen molar-refractivity contribution < 1.29 is 14.0 Å². The first-order valence-corrected chi connectivity index (χ1v) is 6.06. The van der Waals surface area contributed by atoms with Gasteiger partial charge in [-0.15, -0.1) is 0 Å². The Morgan fingerprint density at radius 3 is 2.71 bits per heavy atom. The molecule has 0 saturated carbocycles. The molecule has 0 aliphatic rings. The largest absolute Gasteiger partial charge is 0.321 e. The van der Waals surface area contributed by atoms with E-state index in [2.05, 4.69) is 27.4 Å². The van der Waals surface area contributed by atoms with Crippen LogP contribution in [-0.4, -0.2) is 22.0 Å². The Hall–Kier alpha value is -2.96. The molecule has 0 bridgehead atoms. The average Bonchev–Trinajstić information content (AvgIpc) is 2.89. The lowest BCUT2D eigenvalue weighted by Gasteiger charge is -2.08. The number of rotatable bonds is 4. The Bertz CT molecular complexity index is 709. The molecule has 1 aromatic carbocycles. The number of hydrogen-bond acceptors (Lipinski definition) is 3. The van der Waals surface area contributed by atoms with E-state index in [-0.39, 0.29) is 11.4 Å². The Morgan fingerprint density at radius 2 is 2.10 bits per heavy atom. The molecule has 1 aromatic heterocycles. The van der Waals surface area contributed by atoms with Crippen LogP contribution in [0.15, 0.2) is 36.9 Å². The van der Waals surface area contributed by atoms with Crippen molar-refractivity contribution in [1.82, 2.24) is 10.2 Å². The van der Waals surface area contributed by atoms with Gasteiger partial charge in [0.1, 0.15) is 5.82 Å². The van der Waals surface area contributed by atoms with E-state index in [1.165, 1.54) is 12.1 Å². The summed E-state index contributed by atoms with van der Waals surface area (Å²) >= 11 is 0. The van der Waals surface area contributed by atoms with Gasteiger partial charge in [-0.05, 0) is 37.3 Å². The van der Waals surface area contributed by atoms with Crippen molar-refractivity contribution in [3.63, 3.8) is 0 Å². The Kier molecular flexibility index (Phi) is 4.13. The molecule has 0 fully saturated rings. The molecule has 6 nitrogen and oxygen atoms in total. The predicted molar refractivity (Wildman–Crippen MR) is 76.5 cm³/mol. The van der Waals surface area contributed by atoms with Crippen molar-refractivity contribution in [3.8, 4) is 0 Å². The molecule has 7 heteroatoms. The third kappa shape index (κ3) is 3.53. The molecule has 2 rings (SSSR count). The van der Waals surface area contributed by atoms with Crippen LogP contribution in [0, 0.1) is 12.7 Å². The van der Waals surface area contributed by atoms with Crippen LogP contribution >= 0.6 is 0 Å². The van der Waals surface area contributed by atoms with Crippen LogP contribution in [0.25, 0.3) is 0 Å². The van der Waals surface area contributed by atoms with Crippen LogP contribution < -0.4 is 10.6 Å². The zero-order chi connectivity index (χ0) is 15.4. The van der Waals surface area contributed by atoms with Crippen molar-refractivity contribution >= 4 is 23.2 Å². The third-order valence-electron chi connectivity index (χ3n) is 2.61. The first-order valence-electron chi connectivity index (χ1n) is 6.06. The number of nitrogens with zero attached hydrogens (tertiary/aromatic N) is 1. The van der Waals surface area contributed by atoms with Gasteiger partial charge in [-0.2, -0.15) is 5.10 Å². The monoisotopic (exact) mass is 288 g/mol. The molecule has 0 saturated heterocycles. The highest BCUT2D eigenvalue weighted by Crippen LogP contribution is 2.20. The van der Waals surface area contributed by atoms with Crippen molar-refractivity contribution in [3.05, 3.63) is 54.1 Å². The van der Waals surface area contributed by atoms with Gasteiger partial charge in [0.25, 0.3) is 5.91 Å². The molecule has 2 amide bonds. The fourth-order valence-electron chi connectivity index (χ4n) is 1.61. The summed E-state index contributed by atoms with van der Waals surface area (Å²) in [4.78, 5) is 23.1. The molecule has 108 valence electrons. The molecule has 1 heterocycles. The second-order valence-corrected chi connectivity index (χ2v) is 4.28. The number of amides is 2. The molecule has 0 atom stereocenters. The highest BCUT2D eigenvalue weighted by molar-refractivity contribution is 6.04. The molecular formula is C14H13FN4O2. The maximum atomic E-state index is 13.6. The minimum Gasteiger partial charge on any atom is -0.321 e. The molecule has 2 aromatic rings. The van der Waals surface area contributed by atoms with Gasteiger partial charge in [-0.1, -0.05) is 6.58 Å². The number of aromatic amines is 1. The highest BCUT2D eigenvalue weighted by Gasteiger charge is 2.11. The van der Waals surface area contributed by atoms with E-state index in [1.807, 2.05) is 0 Å². The quantitative estimate of drug-likeness (QED) is 0.754. The first kappa shape index (κ1) is 14.4. The lowest BCUT2D eigenvalue weighted by molar-refractivity contribution is -0.111. The van der Waals surface area contributed by atoms with E-state index in [4.69, 9.17) is 0 Å². The molecule has 0 aliphatic heterocycles. The summed E-state index contributed by atoms with van der Waals surface area (Å²) in [6, 6.07) is 5.42. The normalized spacial score (nSPS) is 10.0. The minimum atomic E-state index is -0.612. The number of benzene rings is 1. The van der Waals surface area contributed by atoms with Gasteiger partial charge in [0, 0.05) is 11.4 Å². The standard InChI is InChI=1S/C14H13FN4O2/c1-3-13(20)17-11-7-9(4-5-10(11)15)16-14(21)12-6-8(2)18-19-12/h3-7H,1H2,2H3,(H,16,21)(H,17,20)(H,18,19). The predicted octanol–water partition coefficient (Wildman–Crippen LogP) is 2.23. The number of H-pyrrole nitrogens is 1. The maximum Gasteiger partial charge on any atom is 0.276 e. The van der Waals surface area contributed by atoms with E-state index in [9.17, 15) is 14.0 Å². The zero-order valence-corrected chi connectivity index (χ0v) is 11.2. The number of anilines is 2. The van der Waals surface area contributed by atoms with E-state index in [1.54, 1.807) is 13.0 Å². The van der Waals surface area contributed by atoms with Gasteiger partial charge in [0.05, 0.1) is 5.69 Å². The number of aromatic nitrogens is 2. The summed E-state index contributed by atoms with van der Waals surface area (Å²) in [7, 11) is 0. The second kappa shape index (κ2) is 6.00. The molecule has 0 unspecified atom stereocenters. The number of carbonyl (C=O) groups is 2. The summed E-state index contributed by atoms with van der Waals surface area (Å²) < 4.78 is 13.6. The number of aryl methyl sites for hydroxylation is 1. The summed E-state index contributed by atoms with van der Waals surface area (Å²) in [6.07, 6.45) is 1.02. The third-order valence-corrected chi connectivity index (χ3v) is 2.61. The number of hydrogen-bond donors (Lipinski definition) is 3. The van der Waals surface area contributed by atoms with Gasteiger partial charge in [-0.25, -0.2) is 4.39 Å². The van der Waals surface area contributed by atoms with E-state index in [0.29, 0.717) is 5.69 Å². The van der Waals surface area contributed by atoms with Crippen LogP contribution in [-0.2, 0) is 4.79 Å². The molecule has 3 N–H and O–H groups in total. The number of halogens is 1. The Morgan fingerprint density at radius 1 is 1.33 bits per heavy atom. The summed E-state index contributed by atoms with van der Waals surface area (Å²) in [5.74, 6) is -1.59. The van der Waals surface area contributed by atoms with Crippen molar-refractivity contribution in [2.24, 2.45) is 0 Å². The molecular weight excluding hydrogens is 275 g/mol. The maximum absolute atomic E-state index is 13.6. The second-order valence-electron chi connectivity index (χ2n) is 4.28. The topological polar surface area (TPSA) is 86.9 Å². The summed E-state index contributed by atoms with van der Waals surface area (Å²) in [5, 5.41) is 11.3. The summed E-state index contributed by atoms with van der Waals surface area (Å²) in [6.45, 7) is 5.05. The van der Waals surface area contributed by atoms with E-state index < -0.39 is 17.6 Å². The highest BCUT2D eigenvalue weighted by atomic mass is 19.1. The fraction of sp³-hybridized carbons (Fsp3) is 0.0714. The van der Waals surface area contributed by atoms with Crippen LogP contribution in [0.4, 0.5) is 15.8 Å². The fourth-order valence-corrected chi connectivity index (χ4v) is 1.61. The first-order chi connectivity index (χ1) is 9.99. The average molecular weight is 288 g/mol. The van der Waals surface area contributed by atoms with Crippen LogP contribution in [0.1, 0.15) is 16.2 Å². The summed E-state index contributed by atoms with van der Waals surface area (Å²) in [5.41, 5.74) is 1.25. The van der Waals surface area contributed by atoms with Crippen LogP contribution in [0.3, 0.4) is 0 Å². The SMILES string of the molecule is C=CC(=O)Nc1cc(NC(=O)c2cc(C)[nH]n2)ccc1F. The molecule has 21 heavy (non-hydrogen) atoms. The van der Waals surface area contributed by atoms with E-state index >= 15 is 0 Å². The molecule has 0 spiro atoms. The lowest BCUT2D eigenvalue weighted by Crippen LogP contribution is -2.14. The van der Waals surface area contributed by atoms with Gasteiger partial charge in [0.2, 0.25) is 5.91 Å². The van der Waals surface area contributed by atoms with E-state index in [0.717, 1.165) is 17.8 Å². The van der Waals surface area contributed by atoms with Gasteiger partial charge < -0.3 is 10.6 Å². The molecule has 0 radical (unpaired) electrons. The van der Waals surface area contributed by atoms with Crippen molar-refractivity contribution in [1.29, 1.82) is 0 Å². The smallest absolute Gasteiger partial charge is 0.276 e. The van der Waals surface area contributed by atoms with Crippen LogP contribution in [0.2, 0.25) is 0 Å². The Balaban J connectivity index is 2.17. The minimum absolute atomic E-state index is 0.0455. The Labute approximate surface area is 120 Å². The van der Waals surface area contributed by atoms with Crippen molar-refractivity contribution in [2.45, 2.75) is 6.92 Å². The van der Waals surface area contributed by atoms with Crippen molar-refractivity contribution in [2.75, 3.05) is 10.6 Å².